The maximum Gasteiger partial charge on any atom is 0.243 e. The molecular formula is C16H25N3O4S. The van der Waals surface area contributed by atoms with Gasteiger partial charge >= 0.3 is 0 Å². The standard InChI is InChI=1S/C16H25N3O4S/c1-12-4-5-13(2)15(10-12)24(21,22)19-8-6-18(7-9-19)16(20)14(17)11-23-3/h4-5,10,14H,6-9,11,17H2,1-3H3. The van der Waals surface area contributed by atoms with Gasteiger partial charge in [0.1, 0.15) is 6.04 Å². The largest absolute Gasteiger partial charge is 0.383 e. The number of carbonyl (C=O) groups excluding carboxylic acids is 1. The Hall–Kier alpha value is -1.48. The summed E-state index contributed by atoms with van der Waals surface area (Å²) in [6, 6.07) is 4.68. The van der Waals surface area contributed by atoms with Crippen LogP contribution in [0.3, 0.4) is 0 Å². The average Bonchev–Trinajstić information content (AvgIpc) is 2.56. The topological polar surface area (TPSA) is 92.9 Å². The van der Waals surface area contributed by atoms with Gasteiger partial charge in [0.05, 0.1) is 11.5 Å². The highest BCUT2D eigenvalue weighted by Crippen LogP contribution is 2.22. The molecule has 1 aliphatic rings. The van der Waals surface area contributed by atoms with Crippen LogP contribution in [0.25, 0.3) is 0 Å². The van der Waals surface area contributed by atoms with Gasteiger partial charge < -0.3 is 15.4 Å². The number of aryl methyl sites for hydroxylation is 2. The Kier molecular flexibility index (Phi) is 5.97. The fourth-order valence-corrected chi connectivity index (χ4v) is 4.49. The number of nitrogens with two attached hydrogens (primary N) is 1. The fraction of sp³-hybridized carbons (Fsp3) is 0.562. The van der Waals surface area contributed by atoms with Crippen molar-refractivity contribution in [2.45, 2.75) is 24.8 Å². The van der Waals surface area contributed by atoms with E-state index in [1.54, 1.807) is 17.9 Å². The summed E-state index contributed by atoms with van der Waals surface area (Å²) in [4.78, 5) is 14.1. The van der Waals surface area contributed by atoms with Crippen molar-refractivity contribution in [3.05, 3.63) is 29.3 Å². The Balaban J connectivity index is 2.08. The molecule has 8 heteroatoms. The molecule has 134 valence electrons. The van der Waals surface area contributed by atoms with Crippen LogP contribution in [0.15, 0.2) is 23.1 Å². The minimum absolute atomic E-state index is 0.153. The summed E-state index contributed by atoms with van der Waals surface area (Å²) >= 11 is 0. The van der Waals surface area contributed by atoms with Gasteiger partial charge in [-0.2, -0.15) is 4.31 Å². The first-order valence-corrected chi connectivity index (χ1v) is 9.32. The molecule has 2 N–H and O–H groups in total. The van der Waals surface area contributed by atoms with Crippen LogP contribution >= 0.6 is 0 Å². The maximum absolute atomic E-state index is 12.9. The molecule has 0 aromatic heterocycles. The fourth-order valence-electron chi connectivity index (χ4n) is 2.76. The van der Waals surface area contributed by atoms with Gasteiger partial charge in [-0.15, -0.1) is 0 Å². The third-order valence-corrected chi connectivity index (χ3v) is 6.22. The molecule has 0 radical (unpaired) electrons. The molecule has 1 fully saturated rings. The van der Waals surface area contributed by atoms with Crippen LogP contribution in [0.2, 0.25) is 0 Å². The lowest BCUT2D eigenvalue weighted by molar-refractivity contribution is -0.134. The number of ether oxygens (including phenoxy) is 1. The molecule has 1 aromatic rings. The first-order valence-electron chi connectivity index (χ1n) is 7.88. The summed E-state index contributed by atoms with van der Waals surface area (Å²) in [7, 11) is -2.07. The third kappa shape index (κ3) is 3.94. The van der Waals surface area contributed by atoms with Gasteiger partial charge in [-0.3, -0.25) is 4.79 Å². The lowest BCUT2D eigenvalue weighted by Gasteiger charge is -2.35. The number of benzene rings is 1. The van der Waals surface area contributed by atoms with E-state index in [4.69, 9.17) is 10.5 Å². The molecule has 0 aliphatic carbocycles. The van der Waals surface area contributed by atoms with Gasteiger partial charge in [-0.25, -0.2) is 8.42 Å². The lowest BCUT2D eigenvalue weighted by atomic mass is 10.2. The summed E-state index contributed by atoms with van der Waals surface area (Å²) in [5, 5.41) is 0. The third-order valence-electron chi connectivity index (χ3n) is 4.18. The number of amides is 1. The maximum atomic E-state index is 12.9. The Labute approximate surface area is 143 Å². The van der Waals surface area contributed by atoms with Crippen LogP contribution in [0, 0.1) is 13.8 Å². The van der Waals surface area contributed by atoms with Gasteiger partial charge in [0.25, 0.3) is 0 Å². The molecule has 2 rings (SSSR count). The van der Waals surface area contributed by atoms with Crippen molar-refractivity contribution in [1.29, 1.82) is 0 Å². The number of piperazine rings is 1. The second-order valence-electron chi connectivity index (χ2n) is 6.06. The quantitative estimate of drug-likeness (QED) is 0.809. The first-order chi connectivity index (χ1) is 11.3. The summed E-state index contributed by atoms with van der Waals surface area (Å²) in [6.07, 6.45) is 0. The molecule has 0 spiro atoms. The van der Waals surface area contributed by atoms with E-state index >= 15 is 0 Å². The number of nitrogens with zero attached hydrogens (tertiary/aromatic N) is 2. The van der Waals surface area contributed by atoms with Crippen molar-refractivity contribution in [2.75, 3.05) is 39.9 Å². The minimum atomic E-state index is -3.56. The SMILES string of the molecule is COCC(N)C(=O)N1CCN(S(=O)(=O)c2cc(C)ccc2C)CC1. The average molecular weight is 355 g/mol. The van der Waals surface area contributed by atoms with Crippen LogP contribution in [0.5, 0.6) is 0 Å². The van der Waals surface area contributed by atoms with E-state index in [0.717, 1.165) is 11.1 Å². The van der Waals surface area contributed by atoms with E-state index < -0.39 is 16.1 Å². The zero-order valence-corrected chi connectivity index (χ0v) is 15.2. The summed E-state index contributed by atoms with van der Waals surface area (Å²) in [6.45, 7) is 5.00. The molecule has 1 saturated heterocycles. The van der Waals surface area contributed by atoms with Gasteiger partial charge in [0.15, 0.2) is 0 Å². The highest BCUT2D eigenvalue weighted by atomic mass is 32.2. The van der Waals surface area contributed by atoms with Crippen molar-refractivity contribution in [2.24, 2.45) is 5.73 Å². The van der Waals surface area contributed by atoms with E-state index in [9.17, 15) is 13.2 Å². The molecule has 1 aromatic carbocycles. The van der Waals surface area contributed by atoms with E-state index in [2.05, 4.69) is 0 Å². The molecular weight excluding hydrogens is 330 g/mol. The van der Waals surface area contributed by atoms with Crippen molar-refractivity contribution in [3.8, 4) is 0 Å². The zero-order valence-electron chi connectivity index (χ0n) is 14.4. The molecule has 1 amide bonds. The van der Waals surface area contributed by atoms with Crippen LogP contribution < -0.4 is 5.73 Å². The van der Waals surface area contributed by atoms with Gasteiger partial charge in [0, 0.05) is 33.3 Å². The normalized spacial score (nSPS) is 17.8. The molecule has 1 heterocycles. The summed E-state index contributed by atoms with van der Waals surface area (Å²) in [5.41, 5.74) is 7.38. The number of rotatable bonds is 5. The summed E-state index contributed by atoms with van der Waals surface area (Å²) < 4.78 is 32.0. The number of hydrogen-bond donors (Lipinski definition) is 1. The molecule has 0 bridgehead atoms. The molecule has 24 heavy (non-hydrogen) atoms. The Morgan fingerprint density at radius 3 is 2.46 bits per heavy atom. The monoisotopic (exact) mass is 355 g/mol. The number of hydrogen-bond acceptors (Lipinski definition) is 5. The van der Waals surface area contributed by atoms with Crippen LogP contribution in [-0.2, 0) is 19.6 Å². The second-order valence-corrected chi connectivity index (χ2v) is 7.97. The molecule has 1 aliphatic heterocycles. The van der Waals surface area contributed by atoms with Gasteiger partial charge in [-0.1, -0.05) is 12.1 Å². The predicted octanol–water partition coefficient (Wildman–Crippen LogP) is 0.110. The Morgan fingerprint density at radius 2 is 1.88 bits per heavy atom. The predicted molar refractivity (Wildman–Crippen MR) is 91.1 cm³/mol. The summed E-state index contributed by atoms with van der Waals surface area (Å²) in [5.74, 6) is -0.208. The van der Waals surface area contributed by atoms with Gasteiger partial charge in [-0.05, 0) is 31.0 Å². The Bertz CT molecular complexity index is 697. The number of methoxy groups -OCH3 is 1. The number of carbonyl (C=O) groups is 1. The van der Waals surface area contributed by atoms with E-state index in [0.29, 0.717) is 18.0 Å². The van der Waals surface area contributed by atoms with E-state index in [-0.39, 0.29) is 25.6 Å². The smallest absolute Gasteiger partial charge is 0.243 e. The van der Waals surface area contributed by atoms with Crippen molar-refractivity contribution >= 4 is 15.9 Å². The highest BCUT2D eigenvalue weighted by Gasteiger charge is 2.32. The van der Waals surface area contributed by atoms with Crippen molar-refractivity contribution < 1.29 is 17.9 Å². The molecule has 7 nitrogen and oxygen atoms in total. The van der Waals surface area contributed by atoms with Crippen molar-refractivity contribution in [3.63, 3.8) is 0 Å². The van der Waals surface area contributed by atoms with Crippen LogP contribution in [0.1, 0.15) is 11.1 Å². The highest BCUT2D eigenvalue weighted by molar-refractivity contribution is 7.89. The van der Waals surface area contributed by atoms with E-state index in [1.807, 2.05) is 19.1 Å². The van der Waals surface area contributed by atoms with Gasteiger partial charge in [0.2, 0.25) is 15.9 Å². The lowest BCUT2D eigenvalue weighted by Crippen LogP contribution is -2.55. The molecule has 0 saturated carbocycles. The number of sulfonamides is 1. The zero-order chi connectivity index (χ0) is 17.9. The van der Waals surface area contributed by atoms with Crippen LogP contribution in [-0.4, -0.2) is 69.5 Å². The van der Waals surface area contributed by atoms with E-state index in [1.165, 1.54) is 11.4 Å². The Morgan fingerprint density at radius 1 is 1.25 bits per heavy atom. The minimum Gasteiger partial charge on any atom is -0.383 e. The van der Waals surface area contributed by atoms with Crippen LogP contribution in [0.4, 0.5) is 0 Å². The first kappa shape index (κ1) is 18.9. The molecule has 1 atom stereocenters. The van der Waals surface area contributed by atoms with Crippen molar-refractivity contribution in [1.82, 2.24) is 9.21 Å². The molecule has 1 unspecified atom stereocenters. The second kappa shape index (κ2) is 7.60.